The normalized spacial score (nSPS) is 12.9. The Kier molecular flexibility index (Phi) is 8.10. The molecular weight excluding hydrogens is 358 g/mol. The number of carbonyl (C=O) groups is 1. The highest BCUT2D eigenvalue weighted by molar-refractivity contribution is 5.65. The molecule has 0 aliphatic heterocycles. The molecule has 0 unspecified atom stereocenters. The summed E-state index contributed by atoms with van der Waals surface area (Å²) in [4.78, 5) is 13.1. The van der Waals surface area contributed by atoms with Crippen molar-refractivity contribution < 1.29 is 19.7 Å². The van der Waals surface area contributed by atoms with Crippen LogP contribution < -0.4 is 20.3 Å². The summed E-state index contributed by atoms with van der Waals surface area (Å²) >= 11 is 0. The second-order valence-corrected chi connectivity index (χ2v) is 6.88. The van der Waals surface area contributed by atoms with Crippen LogP contribution in [0.15, 0.2) is 48.5 Å². The average Bonchev–Trinajstić information content (AvgIpc) is 2.67. The van der Waals surface area contributed by atoms with Gasteiger partial charge in [-0.1, -0.05) is 30.3 Å². The molecule has 0 radical (unpaired) electrons. The third kappa shape index (κ3) is 6.75. The van der Waals surface area contributed by atoms with Crippen LogP contribution in [-0.2, 0) is 13.0 Å². The zero-order chi connectivity index (χ0) is 20.5. The number of anilines is 1. The summed E-state index contributed by atoms with van der Waals surface area (Å²) in [6.07, 6.45) is -1.60. The average molecular weight is 387 g/mol. The molecule has 2 aromatic carbocycles. The van der Waals surface area contributed by atoms with E-state index in [-0.39, 0.29) is 6.54 Å². The first-order valence-corrected chi connectivity index (χ1v) is 9.16. The van der Waals surface area contributed by atoms with Crippen LogP contribution in [0.5, 0.6) is 5.75 Å². The van der Waals surface area contributed by atoms with Gasteiger partial charge >= 0.3 is 6.09 Å². The predicted molar refractivity (Wildman–Crippen MR) is 110 cm³/mol. The second-order valence-electron chi connectivity index (χ2n) is 6.88. The Labute approximate surface area is 165 Å². The number of aliphatic hydroxyl groups is 1. The van der Waals surface area contributed by atoms with Crippen molar-refractivity contribution in [2.75, 3.05) is 32.6 Å². The lowest BCUT2D eigenvalue weighted by Crippen LogP contribution is -2.48. The Hall–Kier alpha value is -2.77. The molecule has 7 heteroatoms. The van der Waals surface area contributed by atoms with E-state index >= 15 is 0 Å². The molecule has 2 aromatic rings. The van der Waals surface area contributed by atoms with Crippen LogP contribution >= 0.6 is 0 Å². The van der Waals surface area contributed by atoms with Gasteiger partial charge in [0, 0.05) is 38.9 Å². The summed E-state index contributed by atoms with van der Waals surface area (Å²) in [5, 5.41) is 25.2. The highest BCUT2D eigenvalue weighted by atomic mass is 16.5. The number of carboxylic acid groups (broad SMARTS) is 1. The number of methoxy groups -OCH3 is 1. The maximum Gasteiger partial charge on any atom is 0.404 e. The molecule has 152 valence electrons. The third-order valence-corrected chi connectivity index (χ3v) is 4.46. The van der Waals surface area contributed by atoms with Gasteiger partial charge in [-0.2, -0.15) is 0 Å². The van der Waals surface area contributed by atoms with Crippen LogP contribution in [0.3, 0.4) is 0 Å². The highest BCUT2D eigenvalue weighted by Crippen LogP contribution is 2.22. The topological polar surface area (TPSA) is 94.1 Å². The molecule has 0 saturated heterocycles. The van der Waals surface area contributed by atoms with Crippen LogP contribution in [0.1, 0.15) is 11.1 Å². The first kappa shape index (κ1) is 21.5. The number of aliphatic hydroxyl groups excluding tert-OH is 1. The van der Waals surface area contributed by atoms with Gasteiger partial charge in [0.2, 0.25) is 0 Å². The standard InChI is InChI=1S/C21H29N3O4/c1-24(2)17-9-16(10-18(12-17)28-3)13-22-14-20(25)19(23-21(26)27)11-15-7-5-4-6-8-15/h4-10,12,19-20,22-23,25H,11,13-14H2,1-3H3,(H,26,27)/t19-,20+/m0/s1. The molecule has 1 amide bonds. The number of benzene rings is 2. The minimum absolute atomic E-state index is 0.256. The van der Waals surface area contributed by atoms with Gasteiger partial charge in [0.25, 0.3) is 0 Å². The maximum atomic E-state index is 11.1. The van der Waals surface area contributed by atoms with Gasteiger partial charge in [-0.3, -0.25) is 0 Å². The monoisotopic (exact) mass is 387 g/mol. The number of nitrogens with zero attached hydrogens (tertiary/aromatic N) is 1. The zero-order valence-electron chi connectivity index (χ0n) is 16.6. The van der Waals surface area contributed by atoms with Crippen molar-refractivity contribution in [3.05, 3.63) is 59.7 Å². The molecule has 0 heterocycles. The molecule has 0 saturated carbocycles. The molecule has 4 N–H and O–H groups in total. The van der Waals surface area contributed by atoms with E-state index in [9.17, 15) is 9.90 Å². The number of ether oxygens (including phenoxy) is 1. The van der Waals surface area contributed by atoms with E-state index in [2.05, 4.69) is 10.6 Å². The van der Waals surface area contributed by atoms with Crippen molar-refractivity contribution in [3.8, 4) is 5.75 Å². The molecular formula is C21H29N3O4. The van der Waals surface area contributed by atoms with Crippen molar-refractivity contribution in [1.82, 2.24) is 10.6 Å². The fourth-order valence-corrected chi connectivity index (χ4v) is 2.94. The molecule has 0 aliphatic rings. The Morgan fingerprint density at radius 1 is 1.14 bits per heavy atom. The molecule has 2 atom stereocenters. The number of hydrogen-bond acceptors (Lipinski definition) is 5. The molecule has 0 spiro atoms. The molecule has 0 bridgehead atoms. The van der Waals surface area contributed by atoms with Crippen molar-refractivity contribution in [3.63, 3.8) is 0 Å². The van der Waals surface area contributed by atoms with E-state index in [1.807, 2.05) is 67.5 Å². The number of hydrogen-bond donors (Lipinski definition) is 4. The zero-order valence-corrected chi connectivity index (χ0v) is 16.6. The van der Waals surface area contributed by atoms with Gasteiger partial charge in [0.05, 0.1) is 19.3 Å². The van der Waals surface area contributed by atoms with Gasteiger partial charge < -0.3 is 30.5 Å². The quantitative estimate of drug-likeness (QED) is 0.499. The first-order valence-electron chi connectivity index (χ1n) is 9.16. The van der Waals surface area contributed by atoms with E-state index in [0.717, 1.165) is 22.6 Å². The fourth-order valence-electron chi connectivity index (χ4n) is 2.94. The summed E-state index contributed by atoms with van der Waals surface area (Å²) in [6, 6.07) is 14.8. The smallest absolute Gasteiger partial charge is 0.404 e. The summed E-state index contributed by atoms with van der Waals surface area (Å²) in [6.45, 7) is 0.784. The van der Waals surface area contributed by atoms with E-state index < -0.39 is 18.2 Å². The molecule has 28 heavy (non-hydrogen) atoms. The summed E-state index contributed by atoms with van der Waals surface area (Å²) in [7, 11) is 5.55. The highest BCUT2D eigenvalue weighted by Gasteiger charge is 2.21. The largest absolute Gasteiger partial charge is 0.497 e. The Morgan fingerprint density at radius 2 is 1.86 bits per heavy atom. The fraction of sp³-hybridized carbons (Fsp3) is 0.381. The van der Waals surface area contributed by atoms with Crippen LogP contribution in [0.25, 0.3) is 0 Å². The SMILES string of the molecule is COc1cc(CNC[C@@H](O)[C@H](Cc2ccccc2)NC(=O)O)cc(N(C)C)c1. The summed E-state index contributed by atoms with van der Waals surface area (Å²) in [5.74, 6) is 0.762. The minimum Gasteiger partial charge on any atom is -0.497 e. The van der Waals surface area contributed by atoms with Crippen LogP contribution in [0, 0.1) is 0 Å². The third-order valence-electron chi connectivity index (χ3n) is 4.46. The Bertz CT molecular complexity index is 753. The lowest BCUT2D eigenvalue weighted by molar-refractivity contribution is 0.117. The maximum absolute atomic E-state index is 11.1. The van der Waals surface area contributed by atoms with E-state index in [0.29, 0.717) is 13.0 Å². The van der Waals surface area contributed by atoms with Crippen molar-refractivity contribution in [1.29, 1.82) is 0 Å². The van der Waals surface area contributed by atoms with Gasteiger partial charge in [-0.25, -0.2) is 4.79 Å². The summed E-state index contributed by atoms with van der Waals surface area (Å²) in [5.41, 5.74) is 3.00. The second kappa shape index (κ2) is 10.5. The van der Waals surface area contributed by atoms with Crippen molar-refractivity contribution in [2.24, 2.45) is 0 Å². The van der Waals surface area contributed by atoms with Gasteiger partial charge in [-0.05, 0) is 29.7 Å². The molecule has 7 nitrogen and oxygen atoms in total. The van der Waals surface area contributed by atoms with Crippen LogP contribution in [-0.4, -0.2) is 56.2 Å². The predicted octanol–water partition coefficient (Wildman–Crippen LogP) is 2.09. The molecule has 0 fully saturated rings. The van der Waals surface area contributed by atoms with Gasteiger partial charge in [0.1, 0.15) is 5.75 Å². The van der Waals surface area contributed by atoms with E-state index in [4.69, 9.17) is 9.84 Å². The van der Waals surface area contributed by atoms with Gasteiger partial charge in [0.15, 0.2) is 0 Å². The number of rotatable bonds is 10. The summed E-state index contributed by atoms with van der Waals surface area (Å²) < 4.78 is 5.34. The van der Waals surface area contributed by atoms with Crippen LogP contribution in [0.2, 0.25) is 0 Å². The lowest BCUT2D eigenvalue weighted by atomic mass is 10.0. The van der Waals surface area contributed by atoms with E-state index in [1.165, 1.54) is 0 Å². The van der Waals surface area contributed by atoms with E-state index in [1.54, 1.807) is 7.11 Å². The first-order chi connectivity index (χ1) is 13.4. The van der Waals surface area contributed by atoms with Crippen LogP contribution in [0.4, 0.5) is 10.5 Å². The molecule has 2 rings (SSSR count). The molecule has 0 aromatic heterocycles. The number of nitrogens with one attached hydrogen (secondary N) is 2. The molecule has 0 aliphatic carbocycles. The minimum atomic E-state index is -1.15. The van der Waals surface area contributed by atoms with Crippen molar-refractivity contribution >= 4 is 11.8 Å². The Morgan fingerprint density at radius 3 is 2.46 bits per heavy atom. The van der Waals surface area contributed by atoms with Gasteiger partial charge in [-0.15, -0.1) is 0 Å². The van der Waals surface area contributed by atoms with Crippen molar-refractivity contribution in [2.45, 2.75) is 25.1 Å². The Balaban J connectivity index is 1.97. The number of amides is 1. The lowest BCUT2D eigenvalue weighted by Gasteiger charge is -2.23.